The van der Waals surface area contributed by atoms with E-state index in [1.807, 2.05) is 6.08 Å². The van der Waals surface area contributed by atoms with Crippen LogP contribution >= 0.6 is 0 Å². The number of anilines is 3. The smallest absolute Gasteiger partial charge is 0.137 e. The first-order valence-corrected chi connectivity index (χ1v) is 25.3. The molecule has 3 aliphatic carbocycles. The van der Waals surface area contributed by atoms with Crippen LogP contribution in [0.25, 0.3) is 88.4 Å². The molecule has 3 nitrogen and oxygen atoms in total. The number of fused-ring (bicyclic) bond motifs is 16. The van der Waals surface area contributed by atoms with Crippen molar-refractivity contribution >= 4 is 66.4 Å². The predicted octanol–water partition coefficient (Wildman–Crippen LogP) is 18.6. The Labute approximate surface area is 424 Å². The van der Waals surface area contributed by atoms with Gasteiger partial charge in [0, 0.05) is 38.6 Å². The minimum atomic E-state index is -0.588. The summed E-state index contributed by atoms with van der Waals surface area (Å²) in [7, 11) is 0. The molecule has 2 aromatic heterocycles. The second-order valence-corrected chi connectivity index (χ2v) is 20.4. The van der Waals surface area contributed by atoms with E-state index in [9.17, 15) is 0 Å². The highest BCUT2D eigenvalue weighted by molar-refractivity contribution is 6.15. The van der Waals surface area contributed by atoms with Crippen LogP contribution in [0, 0.1) is 0 Å². The van der Waals surface area contributed by atoms with Crippen LogP contribution < -0.4 is 4.90 Å². The van der Waals surface area contributed by atoms with Crippen LogP contribution in [-0.2, 0) is 10.8 Å². The van der Waals surface area contributed by atoms with Gasteiger partial charge in [-0.1, -0.05) is 179 Å². The second-order valence-electron chi connectivity index (χ2n) is 20.4. The quantitative estimate of drug-likeness (QED) is 0.159. The molecule has 0 aliphatic heterocycles. The molecular formula is C70H48N2O. The molecule has 10 aromatic carbocycles. The molecule has 0 amide bonds. The summed E-state index contributed by atoms with van der Waals surface area (Å²) in [4.78, 5) is 2.48. The second kappa shape index (κ2) is 15.2. The number of rotatable bonds is 7. The lowest BCUT2D eigenvalue weighted by molar-refractivity contribution is 0.660. The largest absolute Gasteiger partial charge is 0.456 e. The van der Waals surface area contributed by atoms with Crippen molar-refractivity contribution in [2.24, 2.45) is 0 Å². The van der Waals surface area contributed by atoms with Gasteiger partial charge in [0.15, 0.2) is 0 Å². The fourth-order valence-corrected chi connectivity index (χ4v) is 13.4. The first-order chi connectivity index (χ1) is 35.9. The maximum Gasteiger partial charge on any atom is 0.137 e. The van der Waals surface area contributed by atoms with Crippen molar-refractivity contribution < 1.29 is 4.42 Å². The maximum absolute atomic E-state index is 6.86. The number of hydrogen-bond acceptors (Lipinski definition) is 2. The molecule has 3 heteroatoms. The summed E-state index contributed by atoms with van der Waals surface area (Å²) >= 11 is 0. The average molecular weight is 933 g/mol. The van der Waals surface area contributed by atoms with Gasteiger partial charge in [0.25, 0.3) is 0 Å². The third-order valence-corrected chi connectivity index (χ3v) is 16.6. The summed E-state index contributed by atoms with van der Waals surface area (Å²) in [5.74, 6) is 0. The first kappa shape index (κ1) is 41.6. The molecule has 1 unspecified atom stereocenters. The summed E-state index contributed by atoms with van der Waals surface area (Å²) in [5.41, 5.74) is 24.9. The summed E-state index contributed by atoms with van der Waals surface area (Å²) in [6, 6.07) is 80.5. The van der Waals surface area contributed by atoms with Crippen LogP contribution in [0.2, 0.25) is 0 Å². The molecule has 0 radical (unpaired) electrons. The van der Waals surface area contributed by atoms with Crippen molar-refractivity contribution in [2.75, 3.05) is 4.90 Å². The average Bonchev–Trinajstić information content (AvgIpc) is 4.24. The van der Waals surface area contributed by atoms with Gasteiger partial charge in [-0.2, -0.15) is 0 Å². The summed E-state index contributed by atoms with van der Waals surface area (Å²) in [6.07, 6.45) is 4.09. The number of nitrogens with zero attached hydrogens (tertiary/aromatic N) is 2. The Hall–Kier alpha value is -9.18. The molecule has 1 spiro atoms. The van der Waals surface area contributed by atoms with Crippen LogP contribution in [0.3, 0.4) is 0 Å². The number of hydrogen-bond donors (Lipinski definition) is 0. The fourth-order valence-electron chi connectivity index (χ4n) is 13.4. The SMILES string of the molecule is C=CC1=C(C=C)C2(c3ccccc31)c1ccccc1-c1ccc(N(c3ccc4c(c3)C(C)(C)c3ccccc3-4)c3cccc4oc5ccc(-c6ccc7c(c6)c6ccccc6n7-c6ccccc6)cc5c34)cc12. The zero-order valence-corrected chi connectivity index (χ0v) is 40.7. The Bertz CT molecular complexity index is 4410. The third kappa shape index (κ3) is 5.54. The lowest BCUT2D eigenvalue weighted by Crippen LogP contribution is -2.27. The predicted molar refractivity (Wildman–Crippen MR) is 305 cm³/mol. The molecular weight excluding hydrogens is 885 g/mol. The minimum Gasteiger partial charge on any atom is -0.456 e. The van der Waals surface area contributed by atoms with Gasteiger partial charge in [0.05, 0.1) is 27.5 Å². The Kier molecular flexibility index (Phi) is 8.64. The Morgan fingerprint density at radius 1 is 0.438 bits per heavy atom. The number of para-hydroxylation sites is 2. The highest BCUT2D eigenvalue weighted by Gasteiger charge is 2.52. The van der Waals surface area contributed by atoms with E-state index in [4.69, 9.17) is 4.42 Å². The number of allylic oxidation sites excluding steroid dienone is 4. The van der Waals surface area contributed by atoms with Gasteiger partial charge in [0.2, 0.25) is 0 Å². The molecule has 1 atom stereocenters. The molecule has 15 rings (SSSR count). The van der Waals surface area contributed by atoms with Crippen molar-refractivity contribution in [2.45, 2.75) is 24.7 Å². The number of aromatic nitrogens is 1. The number of furan rings is 1. The lowest BCUT2D eigenvalue weighted by atomic mass is 9.69. The molecule has 0 saturated heterocycles. The molecule has 0 saturated carbocycles. The van der Waals surface area contributed by atoms with Crippen LogP contribution in [0.1, 0.15) is 47.2 Å². The maximum atomic E-state index is 6.86. The van der Waals surface area contributed by atoms with Crippen LogP contribution in [0.5, 0.6) is 0 Å². The van der Waals surface area contributed by atoms with Gasteiger partial charge in [0.1, 0.15) is 11.2 Å². The molecule has 3 aliphatic rings. The van der Waals surface area contributed by atoms with E-state index in [0.29, 0.717) is 0 Å². The molecule has 344 valence electrons. The standard InChI is InChI=1S/C70H48N2O/c1-5-48-49-21-11-15-26-59(49)70(57(48)6-2)60-27-16-12-23-51(60)53-36-34-47(42-62(53)70)71(46-33-35-52-50-22-10-14-25-58(50)69(3,4)61(52)41-46)65-29-18-30-67-68(65)56-40-44(32-38-66(56)73-67)43-31-37-64-55(39-43)54-24-13-17-28-63(54)72(64)45-19-8-7-9-20-45/h5-42H,1-2H2,3-4H3. The van der Waals surface area contributed by atoms with Gasteiger partial charge in [-0.3, -0.25) is 0 Å². The van der Waals surface area contributed by atoms with E-state index in [-0.39, 0.29) is 5.41 Å². The van der Waals surface area contributed by atoms with Gasteiger partial charge in [-0.15, -0.1) is 0 Å². The van der Waals surface area contributed by atoms with Crippen molar-refractivity contribution in [1.29, 1.82) is 0 Å². The van der Waals surface area contributed by atoms with E-state index in [1.54, 1.807) is 0 Å². The number of benzene rings is 10. The fraction of sp³-hybridized carbons (Fsp3) is 0.0571. The van der Waals surface area contributed by atoms with Crippen molar-refractivity contribution in [1.82, 2.24) is 4.57 Å². The summed E-state index contributed by atoms with van der Waals surface area (Å²) in [6.45, 7) is 13.6. The topological polar surface area (TPSA) is 21.3 Å². The molecule has 73 heavy (non-hydrogen) atoms. The lowest BCUT2D eigenvalue weighted by Gasteiger charge is -2.33. The molecule has 0 N–H and O–H groups in total. The molecule has 12 aromatic rings. The van der Waals surface area contributed by atoms with Gasteiger partial charge < -0.3 is 13.9 Å². The first-order valence-electron chi connectivity index (χ1n) is 25.3. The zero-order valence-electron chi connectivity index (χ0n) is 40.7. The Balaban J connectivity index is 0.971. The van der Waals surface area contributed by atoms with Crippen molar-refractivity contribution in [3.63, 3.8) is 0 Å². The van der Waals surface area contributed by atoms with Crippen LogP contribution in [0.4, 0.5) is 17.1 Å². The highest BCUT2D eigenvalue weighted by Crippen LogP contribution is 2.63. The van der Waals surface area contributed by atoms with E-state index >= 15 is 0 Å². The van der Waals surface area contributed by atoms with Crippen LogP contribution in [-0.4, -0.2) is 4.57 Å². The molecule has 2 heterocycles. The van der Waals surface area contributed by atoms with E-state index in [2.05, 4.69) is 261 Å². The normalized spacial score (nSPS) is 15.8. The van der Waals surface area contributed by atoms with E-state index < -0.39 is 5.41 Å². The summed E-state index contributed by atoms with van der Waals surface area (Å²) in [5, 5.41) is 4.58. The monoisotopic (exact) mass is 932 g/mol. The van der Waals surface area contributed by atoms with Crippen LogP contribution in [0.15, 0.2) is 254 Å². The van der Waals surface area contributed by atoms with Crippen molar-refractivity contribution in [3.05, 3.63) is 283 Å². The highest BCUT2D eigenvalue weighted by atomic mass is 16.3. The molecule has 0 fully saturated rings. The Morgan fingerprint density at radius 3 is 1.78 bits per heavy atom. The van der Waals surface area contributed by atoms with Gasteiger partial charge in [-0.25, -0.2) is 0 Å². The minimum absolute atomic E-state index is 0.201. The van der Waals surface area contributed by atoms with Gasteiger partial charge in [-0.05, 0) is 157 Å². The Morgan fingerprint density at radius 2 is 1.03 bits per heavy atom. The zero-order chi connectivity index (χ0) is 48.7. The van der Waals surface area contributed by atoms with Gasteiger partial charge >= 0.3 is 0 Å². The molecule has 0 bridgehead atoms. The third-order valence-electron chi connectivity index (χ3n) is 16.6. The van der Waals surface area contributed by atoms with Crippen molar-refractivity contribution in [3.8, 4) is 39.1 Å². The van der Waals surface area contributed by atoms with E-state index in [0.717, 1.165) is 67.0 Å². The van der Waals surface area contributed by atoms with E-state index in [1.165, 1.54) is 77.4 Å². The summed E-state index contributed by atoms with van der Waals surface area (Å²) < 4.78 is 9.24.